The van der Waals surface area contributed by atoms with Crippen LogP contribution in [0.15, 0.2) is 11.1 Å². The molecule has 2 fully saturated rings. The molecule has 10 heteroatoms. The Morgan fingerprint density at radius 3 is 2.74 bits per heavy atom. The first-order chi connectivity index (χ1) is 13.0. The number of nitrogen functional groups attached to an aromatic ring is 1. The Hall–Kier alpha value is -2.30. The first-order valence-corrected chi connectivity index (χ1v) is 9.25. The van der Waals surface area contributed by atoms with Gasteiger partial charge in [0.15, 0.2) is 11.2 Å². The van der Waals surface area contributed by atoms with E-state index in [1.54, 1.807) is 0 Å². The molecule has 4 N–H and O–H groups in total. The number of ether oxygens (including phenoxy) is 1. The van der Waals surface area contributed by atoms with E-state index in [-0.39, 0.29) is 42.0 Å². The van der Waals surface area contributed by atoms with Gasteiger partial charge in [-0.1, -0.05) is 19.3 Å². The molecule has 27 heavy (non-hydrogen) atoms. The molecule has 3 heterocycles. The van der Waals surface area contributed by atoms with Gasteiger partial charge in [0.05, 0.1) is 19.0 Å². The average molecular weight is 377 g/mol. The van der Waals surface area contributed by atoms with E-state index in [0.717, 1.165) is 36.7 Å². The van der Waals surface area contributed by atoms with Crippen molar-refractivity contribution < 1.29 is 19.7 Å². The van der Waals surface area contributed by atoms with Gasteiger partial charge in [0.1, 0.15) is 12.3 Å². The van der Waals surface area contributed by atoms with Gasteiger partial charge in [0.2, 0.25) is 11.9 Å². The van der Waals surface area contributed by atoms with E-state index in [1.165, 1.54) is 10.9 Å². The van der Waals surface area contributed by atoms with Crippen LogP contribution in [0.1, 0.15) is 49.5 Å². The maximum Gasteiger partial charge on any atom is 0.289 e. The minimum Gasteiger partial charge on any atom is -0.394 e. The highest BCUT2D eigenvalue weighted by atomic mass is 16.5. The number of hydrogen-bond acceptors (Lipinski definition) is 8. The third-order valence-electron chi connectivity index (χ3n) is 5.49. The van der Waals surface area contributed by atoms with Crippen molar-refractivity contribution in [1.82, 2.24) is 19.1 Å². The van der Waals surface area contributed by atoms with Crippen molar-refractivity contribution >= 4 is 23.0 Å². The van der Waals surface area contributed by atoms with E-state index in [1.807, 2.05) is 0 Å². The summed E-state index contributed by atoms with van der Waals surface area (Å²) < 4.78 is 8.02. The van der Waals surface area contributed by atoms with Gasteiger partial charge in [0, 0.05) is 12.3 Å². The smallest absolute Gasteiger partial charge is 0.289 e. The van der Waals surface area contributed by atoms with Crippen LogP contribution in [0.3, 0.4) is 0 Å². The largest absolute Gasteiger partial charge is 0.394 e. The third-order valence-corrected chi connectivity index (χ3v) is 5.49. The zero-order chi connectivity index (χ0) is 19.1. The topological polar surface area (TPSA) is 145 Å². The fourth-order valence-corrected chi connectivity index (χ4v) is 3.99. The fourth-order valence-electron chi connectivity index (χ4n) is 3.99. The molecule has 0 bridgehead atoms. The number of hydrogen-bond donors (Lipinski definition) is 3. The lowest BCUT2D eigenvalue weighted by molar-refractivity contribution is -0.0432. The van der Waals surface area contributed by atoms with Gasteiger partial charge in [0.25, 0.3) is 5.56 Å². The minimum absolute atomic E-state index is 0.0268. The molecule has 2 aromatic heterocycles. The average Bonchev–Trinajstić information content (AvgIpc) is 3.25. The molecule has 1 saturated carbocycles. The lowest BCUT2D eigenvalue weighted by atomic mass is 9.88. The van der Waals surface area contributed by atoms with Gasteiger partial charge in [-0.2, -0.15) is 4.98 Å². The highest BCUT2D eigenvalue weighted by Crippen LogP contribution is 2.30. The lowest BCUT2D eigenvalue weighted by Gasteiger charge is -2.21. The predicted molar refractivity (Wildman–Crippen MR) is 95.0 cm³/mol. The van der Waals surface area contributed by atoms with Crippen molar-refractivity contribution in [3.63, 3.8) is 0 Å². The molecule has 0 unspecified atom stereocenters. The quantitative estimate of drug-likeness (QED) is 0.679. The third kappa shape index (κ3) is 3.03. The van der Waals surface area contributed by atoms with Gasteiger partial charge >= 0.3 is 0 Å². The van der Waals surface area contributed by atoms with Crippen LogP contribution in [0, 0.1) is 5.92 Å². The summed E-state index contributed by atoms with van der Waals surface area (Å²) in [5.74, 6) is -0.727. The van der Waals surface area contributed by atoms with Crippen molar-refractivity contribution in [1.29, 1.82) is 0 Å². The van der Waals surface area contributed by atoms with Gasteiger partial charge < -0.3 is 20.7 Å². The Morgan fingerprint density at radius 1 is 1.33 bits per heavy atom. The predicted octanol–water partition coefficient (Wildman–Crippen LogP) is 0.0364. The number of aromatic nitrogens is 4. The molecule has 3 atom stereocenters. The second-order valence-corrected chi connectivity index (χ2v) is 7.22. The zero-order valence-electron chi connectivity index (χ0n) is 14.8. The Bertz CT molecular complexity index is 916. The second-order valence-electron chi connectivity index (χ2n) is 7.22. The molecule has 1 aliphatic heterocycles. The van der Waals surface area contributed by atoms with Gasteiger partial charge in [-0.3, -0.25) is 14.2 Å². The number of anilines is 1. The van der Waals surface area contributed by atoms with Crippen LogP contribution in [-0.4, -0.2) is 54.0 Å². The summed E-state index contributed by atoms with van der Waals surface area (Å²) in [6.07, 6.45) is 3.94. The molecule has 1 aliphatic carbocycles. The van der Waals surface area contributed by atoms with Crippen molar-refractivity contribution in [2.24, 2.45) is 5.92 Å². The summed E-state index contributed by atoms with van der Waals surface area (Å²) in [4.78, 5) is 34.0. The maximum atomic E-state index is 12.9. The molecule has 0 spiro atoms. The SMILES string of the molecule is Nc1nc2c(ncn2[C@H]2C[C@H](O)[C@@H](CO)O2)c(=O)n1C(=O)C1CCCCC1. The first kappa shape index (κ1) is 18.1. The van der Waals surface area contributed by atoms with Gasteiger partial charge in [-0.25, -0.2) is 9.55 Å². The molecule has 1 saturated heterocycles. The molecule has 0 radical (unpaired) electrons. The number of nitrogens with two attached hydrogens (primary N) is 1. The Kier molecular flexibility index (Phi) is 4.70. The molecular formula is C17H23N5O5. The van der Waals surface area contributed by atoms with E-state index >= 15 is 0 Å². The van der Waals surface area contributed by atoms with Crippen LogP contribution in [0.2, 0.25) is 0 Å². The van der Waals surface area contributed by atoms with E-state index in [2.05, 4.69) is 9.97 Å². The van der Waals surface area contributed by atoms with Crippen LogP contribution in [-0.2, 0) is 4.74 Å². The normalized spacial score (nSPS) is 26.7. The monoisotopic (exact) mass is 377 g/mol. The molecule has 4 rings (SSSR count). The number of imidazole rings is 1. The van der Waals surface area contributed by atoms with Crippen LogP contribution < -0.4 is 11.3 Å². The summed E-state index contributed by atoms with van der Waals surface area (Å²) in [6.45, 7) is -0.317. The maximum absolute atomic E-state index is 12.9. The van der Waals surface area contributed by atoms with Gasteiger partial charge in [-0.15, -0.1) is 0 Å². The molecule has 146 valence electrons. The van der Waals surface area contributed by atoms with Gasteiger partial charge in [-0.05, 0) is 12.8 Å². The highest BCUT2D eigenvalue weighted by Gasteiger charge is 2.36. The molecular weight excluding hydrogens is 354 g/mol. The van der Waals surface area contributed by atoms with E-state index in [4.69, 9.17) is 10.5 Å². The summed E-state index contributed by atoms with van der Waals surface area (Å²) in [5, 5.41) is 19.2. The van der Waals surface area contributed by atoms with Crippen molar-refractivity contribution in [2.45, 2.75) is 57.0 Å². The number of aliphatic hydroxyl groups is 2. The van der Waals surface area contributed by atoms with Crippen LogP contribution in [0.5, 0.6) is 0 Å². The van der Waals surface area contributed by atoms with Crippen LogP contribution in [0.4, 0.5) is 5.95 Å². The van der Waals surface area contributed by atoms with Crippen molar-refractivity contribution in [3.8, 4) is 0 Å². The zero-order valence-corrected chi connectivity index (χ0v) is 14.8. The summed E-state index contributed by atoms with van der Waals surface area (Å²) in [7, 11) is 0. The number of fused-ring (bicyclic) bond motifs is 1. The second kappa shape index (κ2) is 7.02. The number of aliphatic hydroxyl groups excluding tert-OH is 2. The number of carbonyl (C=O) groups excluding carboxylic acids is 1. The fraction of sp³-hybridized carbons (Fsp3) is 0.647. The Morgan fingerprint density at radius 2 is 2.07 bits per heavy atom. The number of rotatable bonds is 3. The van der Waals surface area contributed by atoms with Crippen LogP contribution in [0.25, 0.3) is 11.2 Å². The molecule has 0 amide bonds. The molecule has 0 aromatic carbocycles. The molecule has 10 nitrogen and oxygen atoms in total. The number of carbonyl (C=O) groups is 1. The molecule has 2 aliphatic rings. The van der Waals surface area contributed by atoms with E-state index in [0.29, 0.717) is 0 Å². The standard InChI is InChI=1S/C17H23N5O5/c18-17-20-14-13(16(26)22(17)15(25)9-4-2-1-3-5-9)19-8-21(14)12-6-10(24)11(7-23)27-12/h8-12,23-24H,1-7H2,(H2,18,20)/t10-,11+,12+/m0/s1. The Labute approximate surface area is 154 Å². The van der Waals surface area contributed by atoms with Crippen LogP contribution >= 0.6 is 0 Å². The van der Waals surface area contributed by atoms with E-state index in [9.17, 15) is 19.8 Å². The summed E-state index contributed by atoms with van der Waals surface area (Å²) >= 11 is 0. The van der Waals surface area contributed by atoms with Crippen molar-refractivity contribution in [3.05, 3.63) is 16.7 Å². The lowest BCUT2D eigenvalue weighted by Crippen LogP contribution is -2.35. The highest BCUT2D eigenvalue weighted by molar-refractivity contribution is 5.86. The number of nitrogens with zero attached hydrogens (tertiary/aromatic N) is 4. The minimum atomic E-state index is -0.831. The van der Waals surface area contributed by atoms with E-state index < -0.39 is 24.0 Å². The first-order valence-electron chi connectivity index (χ1n) is 9.25. The Balaban J connectivity index is 1.72. The molecule has 2 aromatic rings. The summed E-state index contributed by atoms with van der Waals surface area (Å²) in [5.41, 5.74) is 5.59. The van der Waals surface area contributed by atoms with Crippen molar-refractivity contribution in [2.75, 3.05) is 12.3 Å². The summed E-state index contributed by atoms with van der Waals surface area (Å²) in [6, 6.07) is 0.